The maximum Gasteiger partial charge on any atom is 0.262 e. The van der Waals surface area contributed by atoms with Crippen molar-refractivity contribution in [2.24, 2.45) is 0 Å². The summed E-state index contributed by atoms with van der Waals surface area (Å²) in [6.45, 7) is 1.05. The molecule has 1 amide bonds. The van der Waals surface area contributed by atoms with Gasteiger partial charge in [0.15, 0.2) is 4.77 Å². The van der Waals surface area contributed by atoms with Crippen LogP contribution in [0.2, 0.25) is 0 Å². The van der Waals surface area contributed by atoms with Crippen molar-refractivity contribution in [2.45, 2.75) is 38.3 Å². The van der Waals surface area contributed by atoms with E-state index in [1.54, 1.807) is 25.3 Å². The maximum atomic E-state index is 12.8. The third-order valence-corrected chi connectivity index (χ3v) is 5.98. The molecule has 0 saturated carbocycles. The molecule has 1 unspecified atom stereocenters. The van der Waals surface area contributed by atoms with Crippen LogP contribution >= 0.6 is 12.2 Å². The summed E-state index contributed by atoms with van der Waals surface area (Å²) in [6.07, 6.45) is 3.42. The number of nitrogens with one attached hydrogen (secondary N) is 2. The second-order valence-electron chi connectivity index (χ2n) is 7.68. The fraction of sp³-hybridized carbons (Fsp3) is 0.348. The Kier molecular flexibility index (Phi) is 6.11. The number of hydrogen-bond donors (Lipinski definition) is 2. The Morgan fingerprint density at radius 1 is 1.27 bits per heavy atom. The number of rotatable bonds is 6. The van der Waals surface area contributed by atoms with Crippen molar-refractivity contribution in [1.82, 2.24) is 14.9 Å². The highest BCUT2D eigenvalue weighted by molar-refractivity contribution is 7.71. The minimum atomic E-state index is -0.152. The Labute approximate surface area is 179 Å². The first kappa shape index (κ1) is 20.5. The summed E-state index contributed by atoms with van der Waals surface area (Å²) >= 11 is 5.36. The largest absolute Gasteiger partial charge is 0.385 e. The van der Waals surface area contributed by atoms with E-state index in [1.807, 2.05) is 6.07 Å². The van der Waals surface area contributed by atoms with Crippen LogP contribution in [0.15, 0.2) is 47.3 Å². The molecule has 1 aliphatic carbocycles. The third-order valence-electron chi connectivity index (χ3n) is 5.66. The van der Waals surface area contributed by atoms with Crippen molar-refractivity contribution in [1.29, 1.82) is 0 Å². The van der Waals surface area contributed by atoms with E-state index in [9.17, 15) is 9.59 Å². The zero-order chi connectivity index (χ0) is 21.1. The molecule has 0 saturated heterocycles. The molecule has 30 heavy (non-hydrogen) atoms. The molecule has 0 bridgehead atoms. The molecule has 3 aromatic rings. The molecule has 7 heteroatoms. The highest BCUT2D eigenvalue weighted by Gasteiger charge is 2.20. The highest BCUT2D eigenvalue weighted by Crippen LogP contribution is 2.21. The van der Waals surface area contributed by atoms with Crippen molar-refractivity contribution < 1.29 is 9.53 Å². The summed E-state index contributed by atoms with van der Waals surface area (Å²) in [7, 11) is 1.63. The predicted octanol–water partition coefficient (Wildman–Crippen LogP) is 3.38. The number of H-pyrrole nitrogens is 1. The molecular formula is C23H25N3O3S. The predicted molar refractivity (Wildman–Crippen MR) is 120 cm³/mol. The number of benzene rings is 2. The molecule has 1 aromatic heterocycles. The van der Waals surface area contributed by atoms with E-state index in [1.165, 1.54) is 15.7 Å². The second kappa shape index (κ2) is 8.93. The molecule has 0 aliphatic heterocycles. The molecule has 1 heterocycles. The summed E-state index contributed by atoms with van der Waals surface area (Å²) in [4.78, 5) is 28.7. The summed E-state index contributed by atoms with van der Waals surface area (Å²) in [6, 6.07) is 13.6. The first-order valence-electron chi connectivity index (χ1n) is 10.2. The average Bonchev–Trinajstić information content (AvgIpc) is 2.75. The number of amides is 1. The van der Waals surface area contributed by atoms with E-state index >= 15 is 0 Å². The zero-order valence-electron chi connectivity index (χ0n) is 16.9. The number of aromatic amines is 1. The van der Waals surface area contributed by atoms with E-state index in [0.717, 1.165) is 19.3 Å². The van der Waals surface area contributed by atoms with Crippen LogP contribution < -0.4 is 10.9 Å². The third kappa shape index (κ3) is 4.22. The molecule has 1 aliphatic rings. The van der Waals surface area contributed by atoms with Gasteiger partial charge < -0.3 is 15.0 Å². The monoisotopic (exact) mass is 423 g/mol. The van der Waals surface area contributed by atoms with Crippen molar-refractivity contribution >= 4 is 29.0 Å². The number of nitrogens with zero attached hydrogens (tertiary/aromatic N) is 1. The molecular weight excluding hydrogens is 398 g/mol. The fourth-order valence-corrected chi connectivity index (χ4v) is 4.34. The summed E-state index contributed by atoms with van der Waals surface area (Å²) in [5.74, 6) is -0.134. The minimum absolute atomic E-state index is 0.107. The van der Waals surface area contributed by atoms with Crippen LogP contribution in [-0.4, -0.2) is 35.2 Å². The zero-order valence-corrected chi connectivity index (χ0v) is 17.8. The van der Waals surface area contributed by atoms with Gasteiger partial charge in [0.25, 0.3) is 11.5 Å². The molecule has 156 valence electrons. The number of aryl methyl sites for hydroxylation is 1. The number of carbonyl (C=O) groups is 1. The Morgan fingerprint density at radius 2 is 2.07 bits per heavy atom. The van der Waals surface area contributed by atoms with E-state index in [0.29, 0.717) is 40.8 Å². The Bertz CT molecular complexity index is 1200. The Balaban J connectivity index is 1.53. The molecule has 1 atom stereocenters. The Morgan fingerprint density at radius 3 is 2.87 bits per heavy atom. The van der Waals surface area contributed by atoms with Gasteiger partial charge >= 0.3 is 0 Å². The van der Waals surface area contributed by atoms with Gasteiger partial charge in [-0.15, -0.1) is 0 Å². The van der Waals surface area contributed by atoms with E-state index in [-0.39, 0.29) is 17.5 Å². The summed E-state index contributed by atoms with van der Waals surface area (Å²) in [5.41, 5.74) is 3.60. The van der Waals surface area contributed by atoms with Crippen LogP contribution in [0.3, 0.4) is 0 Å². The van der Waals surface area contributed by atoms with Crippen molar-refractivity contribution in [3.8, 4) is 0 Å². The van der Waals surface area contributed by atoms with Gasteiger partial charge in [0.2, 0.25) is 0 Å². The standard InChI is InChI=1S/C23H25N3O3S/c1-29-12-4-11-26-22(28)19-10-8-17(14-20(19)25-23(26)30)21(27)24-18-9-7-15-5-2-3-6-16(15)13-18/h2-3,5-6,8,10,14,18H,4,7,9,11-13H2,1H3,(H,24,27)(H,25,30). The molecule has 0 radical (unpaired) electrons. The number of fused-ring (bicyclic) bond motifs is 2. The minimum Gasteiger partial charge on any atom is -0.385 e. The lowest BCUT2D eigenvalue weighted by Gasteiger charge is -2.25. The van der Waals surface area contributed by atoms with Gasteiger partial charge in [0.1, 0.15) is 0 Å². The molecule has 0 fully saturated rings. The summed E-state index contributed by atoms with van der Waals surface area (Å²) < 4.78 is 6.94. The number of hydrogen-bond acceptors (Lipinski definition) is 4. The van der Waals surface area contributed by atoms with Gasteiger partial charge in [0, 0.05) is 31.9 Å². The highest BCUT2D eigenvalue weighted by atomic mass is 32.1. The lowest BCUT2D eigenvalue weighted by Crippen LogP contribution is -2.38. The van der Waals surface area contributed by atoms with E-state index in [2.05, 4.69) is 28.5 Å². The molecule has 4 rings (SSSR count). The van der Waals surface area contributed by atoms with Crippen molar-refractivity contribution in [2.75, 3.05) is 13.7 Å². The van der Waals surface area contributed by atoms with E-state index in [4.69, 9.17) is 17.0 Å². The van der Waals surface area contributed by atoms with Crippen LogP contribution in [0.5, 0.6) is 0 Å². The maximum absolute atomic E-state index is 12.8. The van der Waals surface area contributed by atoms with Crippen LogP contribution in [0.25, 0.3) is 10.9 Å². The summed E-state index contributed by atoms with van der Waals surface area (Å²) in [5, 5.41) is 3.66. The second-order valence-corrected chi connectivity index (χ2v) is 8.06. The van der Waals surface area contributed by atoms with Crippen LogP contribution in [-0.2, 0) is 24.1 Å². The molecule has 0 spiro atoms. The SMILES string of the molecule is COCCCn1c(=S)[nH]c2cc(C(=O)NC3CCc4ccccc4C3)ccc2c1=O. The number of ether oxygens (including phenoxy) is 1. The van der Waals surface area contributed by atoms with Crippen LogP contribution in [0, 0.1) is 4.77 Å². The first-order chi connectivity index (χ1) is 14.6. The van der Waals surface area contributed by atoms with Gasteiger partial charge in [-0.25, -0.2) is 0 Å². The van der Waals surface area contributed by atoms with Gasteiger partial charge in [-0.3, -0.25) is 14.2 Å². The van der Waals surface area contributed by atoms with Gasteiger partial charge in [-0.2, -0.15) is 0 Å². The van der Waals surface area contributed by atoms with Gasteiger partial charge in [-0.05, 0) is 67.2 Å². The normalized spacial score (nSPS) is 15.7. The molecule has 2 N–H and O–H groups in total. The van der Waals surface area contributed by atoms with Gasteiger partial charge in [-0.1, -0.05) is 24.3 Å². The van der Waals surface area contributed by atoms with Gasteiger partial charge in [0.05, 0.1) is 10.9 Å². The average molecular weight is 424 g/mol. The smallest absolute Gasteiger partial charge is 0.262 e. The van der Waals surface area contributed by atoms with Crippen LogP contribution in [0.1, 0.15) is 34.3 Å². The Hall–Kier alpha value is -2.77. The van der Waals surface area contributed by atoms with Crippen LogP contribution in [0.4, 0.5) is 0 Å². The quantitative estimate of drug-likeness (QED) is 0.471. The van der Waals surface area contributed by atoms with Crippen molar-refractivity contribution in [3.05, 3.63) is 74.3 Å². The van der Waals surface area contributed by atoms with Crippen molar-refractivity contribution in [3.63, 3.8) is 0 Å². The molecule has 6 nitrogen and oxygen atoms in total. The topological polar surface area (TPSA) is 76.1 Å². The lowest BCUT2D eigenvalue weighted by atomic mass is 9.88. The first-order valence-corrected chi connectivity index (χ1v) is 10.6. The van der Waals surface area contributed by atoms with E-state index < -0.39 is 0 Å². The number of methoxy groups -OCH3 is 1. The lowest BCUT2D eigenvalue weighted by molar-refractivity contribution is 0.0934. The molecule has 2 aromatic carbocycles. The number of carbonyl (C=O) groups excluding carboxylic acids is 1. The number of aromatic nitrogens is 2. The fourth-order valence-electron chi connectivity index (χ4n) is 4.06.